The summed E-state index contributed by atoms with van der Waals surface area (Å²) in [6.45, 7) is 2.34. The molecule has 0 heterocycles. The fourth-order valence-corrected chi connectivity index (χ4v) is 3.16. The summed E-state index contributed by atoms with van der Waals surface area (Å²) < 4.78 is 31.8. The van der Waals surface area contributed by atoms with Crippen LogP contribution in [0.25, 0.3) is 0 Å². The Balaban J connectivity index is 3.11. The number of nitrogens with one attached hydrogen (secondary N) is 2. The maximum absolute atomic E-state index is 12.3. The predicted molar refractivity (Wildman–Crippen MR) is 78.9 cm³/mol. The van der Waals surface area contributed by atoms with Crippen LogP contribution in [-0.2, 0) is 14.8 Å². The standard InChI is InChI=1S/C12H19N3O5S/c1-9(8-20-3)7-14-21(18,19)11-6-4-5-10(13-2)12(11)15(16)17/h4-6,9,13-14H,7-8H2,1-3H3. The minimum atomic E-state index is -3.97. The van der Waals surface area contributed by atoms with Gasteiger partial charge < -0.3 is 10.1 Å². The fourth-order valence-electron chi connectivity index (χ4n) is 1.80. The Hall–Kier alpha value is -1.71. The number of hydrogen-bond acceptors (Lipinski definition) is 6. The first-order valence-corrected chi connectivity index (χ1v) is 7.75. The molecule has 2 N–H and O–H groups in total. The monoisotopic (exact) mass is 317 g/mol. The highest BCUT2D eigenvalue weighted by molar-refractivity contribution is 7.89. The van der Waals surface area contributed by atoms with Crippen molar-refractivity contribution in [3.63, 3.8) is 0 Å². The number of anilines is 1. The SMILES string of the molecule is CNc1cccc(S(=O)(=O)NCC(C)COC)c1[N+](=O)[O-]. The van der Waals surface area contributed by atoms with Crippen molar-refractivity contribution >= 4 is 21.4 Å². The number of methoxy groups -OCH3 is 1. The van der Waals surface area contributed by atoms with Crippen LogP contribution in [0.1, 0.15) is 6.92 Å². The van der Waals surface area contributed by atoms with Gasteiger partial charge >= 0.3 is 5.69 Å². The van der Waals surface area contributed by atoms with E-state index in [9.17, 15) is 18.5 Å². The van der Waals surface area contributed by atoms with E-state index in [-0.39, 0.29) is 23.0 Å². The third-order valence-electron chi connectivity index (χ3n) is 2.81. The quantitative estimate of drug-likeness (QED) is 0.550. The van der Waals surface area contributed by atoms with Crippen LogP contribution in [0.5, 0.6) is 0 Å². The van der Waals surface area contributed by atoms with Gasteiger partial charge in [-0.15, -0.1) is 0 Å². The summed E-state index contributed by atoms with van der Waals surface area (Å²) in [4.78, 5) is 10.1. The van der Waals surface area contributed by atoms with Gasteiger partial charge in [0.15, 0.2) is 4.90 Å². The second-order valence-corrected chi connectivity index (χ2v) is 6.31. The van der Waals surface area contributed by atoms with Gasteiger partial charge in [-0.3, -0.25) is 10.1 Å². The summed E-state index contributed by atoms with van der Waals surface area (Å²) in [6.07, 6.45) is 0. The Morgan fingerprint density at radius 2 is 2.10 bits per heavy atom. The van der Waals surface area contributed by atoms with Crippen LogP contribution in [0, 0.1) is 16.0 Å². The van der Waals surface area contributed by atoms with Crippen molar-refractivity contribution in [2.24, 2.45) is 5.92 Å². The number of rotatable bonds is 8. The van der Waals surface area contributed by atoms with Crippen LogP contribution >= 0.6 is 0 Å². The van der Waals surface area contributed by atoms with Crippen molar-refractivity contribution in [3.05, 3.63) is 28.3 Å². The number of ether oxygens (including phenoxy) is 1. The zero-order chi connectivity index (χ0) is 16.0. The molecule has 0 amide bonds. The van der Waals surface area contributed by atoms with Crippen LogP contribution in [0.15, 0.2) is 23.1 Å². The molecule has 0 saturated heterocycles. The topological polar surface area (TPSA) is 111 Å². The molecule has 0 aliphatic rings. The highest BCUT2D eigenvalue weighted by Crippen LogP contribution is 2.31. The third-order valence-corrected chi connectivity index (χ3v) is 4.27. The molecule has 0 aromatic heterocycles. The van der Waals surface area contributed by atoms with Gasteiger partial charge in [-0.05, 0) is 18.1 Å². The zero-order valence-corrected chi connectivity index (χ0v) is 12.9. The number of benzene rings is 1. The minimum Gasteiger partial charge on any atom is -0.384 e. The van der Waals surface area contributed by atoms with Crippen LogP contribution in [0.2, 0.25) is 0 Å². The molecule has 1 unspecified atom stereocenters. The molecule has 1 aromatic carbocycles. The van der Waals surface area contributed by atoms with Gasteiger partial charge in [-0.1, -0.05) is 13.0 Å². The van der Waals surface area contributed by atoms with E-state index in [2.05, 4.69) is 10.0 Å². The molecule has 118 valence electrons. The van der Waals surface area contributed by atoms with E-state index in [0.29, 0.717) is 6.61 Å². The van der Waals surface area contributed by atoms with E-state index in [1.54, 1.807) is 0 Å². The van der Waals surface area contributed by atoms with Crippen LogP contribution in [0.4, 0.5) is 11.4 Å². The molecule has 0 spiro atoms. The average molecular weight is 317 g/mol. The number of nitro benzene ring substituents is 1. The molecule has 0 aliphatic carbocycles. The number of nitro groups is 1. The lowest BCUT2D eigenvalue weighted by atomic mass is 10.2. The first-order valence-electron chi connectivity index (χ1n) is 6.27. The maximum Gasteiger partial charge on any atom is 0.312 e. The minimum absolute atomic E-state index is 0.0451. The molecular weight excluding hydrogens is 298 g/mol. The smallest absolute Gasteiger partial charge is 0.312 e. The summed E-state index contributed by atoms with van der Waals surface area (Å²) >= 11 is 0. The lowest BCUT2D eigenvalue weighted by molar-refractivity contribution is -0.386. The lowest BCUT2D eigenvalue weighted by Gasteiger charge is -2.13. The van der Waals surface area contributed by atoms with Crippen molar-refractivity contribution in [1.82, 2.24) is 4.72 Å². The largest absolute Gasteiger partial charge is 0.384 e. The van der Waals surface area contributed by atoms with Crippen molar-refractivity contribution in [2.75, 3.05) is 32.6 Å². The normalized spacial score (nSPS) is 12.9. The fraction of sp³-hybridized carbons (Fsp3) is 0.500. The Kier molecular flexibility index (Phi) is 6.06. The molecule has 0 saturated carbocycles. The highest BCUT2D eigenvalue weighted by Gasteiger charge is 2.28. The first kappa shape index (κ1) is 17.3. The summed E-state index contributed by atoms with van der Waals surface area (Å²) in [7, 11) is -0.956. The predicted octanol–water partition coefficient (Wildman–Crippen LogP) is 1.20. The zero-order valence-electron chi connectivity index (χ0n) is 12.1. The molecule has 8 nitrogen and oxygen atoms in total. The number of para-hydroxylation sites is 1. The Morgan fingerprint density at radius 1 is 1.43 bits per heavy atom. The maximum atomic E-state index is 12.3. The van der Waals surface area contributed by atoms with Crippen molar-refractivity contribution in [3.8, 4) is 0 Å². The average Bonchev–Trinajstić information content (AvgIpc) is 2.44. The van der Waals surface area contributed by atoms with E-state index in [1.807, 2.05) is 6.92 Å². The first-order chi connectivity index (χ1) is 9.83. The van der Waals surface area contributed by atoms with Crippen molar-refractivity contribution < 1.29 is 18.1 Å². The van der Waals surface area contributed by atoms with Crippen LogP contribution in [-0.4, -0.2) is 40.7 Å². The van der Waals surface area contributed by atoms with Crippen LogP contribution < -0.4 is 10.0 Å². The molecule has 0 aliphatic heterocycles. The molecule has 0 radical (unpaired) electrons. The Morgan fingerprint density at radius 3 is 2.62 bits per heavy atom. The number of sulfonamides is 1. The molecule has 1 aromatic rings. The molecule has 1 rings (SSSR count). The van der Waals surface area contributed by atoms with Crippen molar-refractivity contribution in [2.45, 2.75) is 11.8 Å². The third kappa shape index (κ3) is 4.38. The van der Waals surface area contributed by atoms with E-state index in [4.69, 9.17) is 4.74 Å². The van der Waals surface area contributed by atoms with Gasteiger partial charge in [0, 0.05) is 27.3 Å². The van der Waals surface area contributed by atoms with Crippen molar-refractivity contribution in [1.29, 1.82) is 0 Å². The summed E-state index contributed by atoms with van der Waals surface area (Å²) in [5.74, 6) is -0.0451. The number of hydrogen-bond donors (Lipinski definition) is 2. The van der Waals surface area contributed by atoms with Gasteiger partial charge in [0.05, 0.1) is 4.92 Å². The molecule has 0 fully saturated rings. The van der Waals surface area contributed by atoms with E-state index >= 15 is 0 Å². The van der Waals surface area contributed by atoms with Gasteiger partial charge in [0.1, 0.15) is 5.69 Å². The molecule has 0 bridgehead atoms. The highest BCUT2D eigenvalue weighted by atomic mass is 32.2. The molecule has 1 atom stereocenters. The van der Waals surface area contributed by atoms with E-state index < -0.39 is 20.6 Å². The van der Waals surface area contributed by atoms with E-state index in [1.165, 1.54) is 32.4 Å². The summed E-state index contributed by atoms with van der Waals surface area (Å²) in [5, 5.41) is 13.8. The molecule has 9 heteroatoms. The second kappa shape index (κ2) is 7.34. The summed E-state index contributed by atoms with van der Waals surface area (Å²) in [6, 6.07) is 4.11. The second-order valence-electron chi connectivity index (χ2n) is 4.57. The lowest BCUT2D eigenvalue weighted by Crippen LogP contribution is -2.30. The van der Waals surface area contributed by atoms with Gasteiger partial charge in [0.2, 0.25) is 10.0 Å². The summed E-state index contributed by atoms with van der Waals surface area (Å²) in [5.41, 5.74) is -0.320. The molecule has 21 heavy (non-hydrogen) atoms. The van der Waals surface area contributed by atoms with Crippen LogP contribution in [0.3, 0.4) is 0 Å². The number of nitrogens with zero attached hydrogens (tertiary/aromatic N) is 1. The van der Waals surface area contributed by atoms with Gasteiger partial charge in [-0.25, -0.2) is 13.1 Å². The molecular formula is C12H19N3O5S. The Labute approximate surface area is 123 Å². The van der Waals surface area contributed by atoms with Gasteiger partial charge in [-0.2, -0.15) is 0 Å². The Bertz CT molecular complexity index is 603. The van der Waals surface area contributed by atoms with Gasteiger partial charge in [0.25, 0.3) is 0 Å². The van der Waals surface area contributed by atoms with E-state index in [0.717, 1.165) is 0 Å².